The Morgan fingerprint density at radius 1 is 1.20 bits per heavy atom. The molecule has 1 aromatic carbocycles. The van der Waals surface area contributed by atoms with Gasteiger partial charge in [0.25, 0.3) is 0 Å². The monoisotopic (exact) mass is 265 g/mol. The van der Waals surface area contributed by atoms with Crippen LogP contribution in [0.25, 0.3) is 0 Å². The van der Waals surface area contributed by atoms with Crippen LogP contribution >= 0.6 is 35.6 Å². The second-order valence-corrected chi connectivity index (χ2v) is 4.43. The standard InChI is InChI=1S/C11H13Cl2N.ClH/c12-9-5-3-4-8(11(9)13)10-6-1-2-7-14-10;/h3-5,10,14H,1-2,6-7H2;1H/t10-;/m0./s1. The summed E-state index contributed by atoms with van der Waals surface area (Å²) in [6.07, 6.45) is 3.68. The second-order valence-electron chi connectivity index (χ2n) is 3.65. The van der Waals surface area contributed by atoms with E-state index in [-0.39, 0.29) is 12.4 Å². The van der Waals surface area contributed by atoms with Gasteiger partial charge in [-0.1, -0.05) is 41.8 Å². The minimum Gasteiger partial charge on any atom is -0.310 e. The number of rotatable bonds is 1. The number of benzene rings is 1. The Kier molecular flexibility index (Phi) is 5.20. The van der Waals surface area contributed by atoms with Gasteiger partial charge in [-0.3, -0.25) is 0 Å². The maximum atomic E-state index is 6.15. The van der Waals surface area contributed by atoms with E-state index >= 15 is 0 Å². The molecule has 0 aromatic heterocycles. The fourth-order valence-corrected chi connectivity index (χ4v) is 2.35. The molecule has 1 heterocycles. The van der Waals surface area contributed by atoms with Gasteiger partial charge in [0.05, 0.1) is 10.0 Å². The topological polar surface area (TPSA) is 12.0 Å². The van der Waals surface area contributed by atoms with Crippen molar-refractivity contribution in [3.8, 4) is 0 Å². The summed E-state index contributed by atoms with van der Waals surface area (Å²) in [5, 5.41) is 4.81. The van der Waals surface area contributed by atoms with Gasteiger partial charge < -0.3 is 5.32 Å². The maximum absolute atomic E-state index is 6.15. The molecule has 0 amide bonds. The summed E-state index contributed by atoms with van der Waals surface area (Å²) in [6, 6.07) is 6.22. The van der Waals surface area contributed by atoms with Crippen LogP contribution in [0.1, 0.15) is 30.9 Å². The smallest absolute Gasteiger partial charge is 0.0640 e. The predicted octanol–water partition coefficient (Wildman–Crippen LogP) is 4.23. The van der Waals surface area contributed by atoms with E-state index in [1.807, 2.05) is 12.1 Å². The molecule has 0 saturated carbocycles. The molecule has 1 aromatic rings. The average Bonchev–Trinajstić information content (AvgIpc) is 2.23. The molecule has 0 aliphatic carbocycles. The Labute approximate surface area is 107 Å². The molecule has 84 valence electrons. The minimum atomic E-state index is 0. The van der Waals surface area contributed by atoms with Crippen LogP contribution in [0.5, 0.6) is 0 Å². The van der Waals surface area contributed by atoms with Crippen molar-refractivity contribution in [2.45, 2.75) is 25.3 Å². The molecule has 1 aliphatic rings. The zero-order chi connectivity index (χ0) is 9.97. The van der Waals surface area contributed by atoms with Gasteiger partial charge in [0.15, 0.2) is 0 Å². The van der Waals surface area contributed by atoms with Gasteiger partial charge in [0, 0.05) is 6.04 Å². The van der Waals surface area contributed by atoms with Crippen molar-refractivity contribution in [1.29, 1.82) is 0 Å². The summed E-state index contributed by atoms with van der Waals surface area (Å²) in [5.41, 5.74) is 1.14. The summed E-state index contributed by atoms with van der Waals surface area (Å²) >= 11 is 12.1. The molecular formula is C11H14Cl3N. The minimum absolute atomic E-state index is 0. The van der Waals surface area contributed by atoms with Crippen LogP contribution < -0.4 is 5.32 Å². The van der Waals surface area contributed by atoms with Gasteiger partial charge >= 0.3 is 0 Å². The Hall–Kier alpha value is 0.0500. The third-order valence-electron chi connectivity index (χ3n) is 2.67. The lowest BCUT2D eigenvalue weighted by Gasteiger charge is -2.24. The first-order chi connectivity index (χ1) is 6.79. The Bertz CT molecular complexity index is 322. The van der Waals surface area contributed by atoms with Gasteiger partial charge in [-0.15, -0.1) is 12.4 Å². The van der Waals surface area contributed by atoms with E-state index in [9.17, 15) is 0 Å². The van der Waals surface area contributed by atoms with Crippen molar-refractivity contribution >= 4 is 35.6 Å². The van der Waals surface area contributed by atoms with E-state index in [0.29, 0.717) is 16.1 Å². The van der Waals surface area contributed by atoms with Crippen molar-refractivity contribution < 1.29 is 0 Å². The molecule has 0 radical (unpaired) electrons. The van der Waals surface area contributed by atoms with Gasteiger partial charge in [-0.05, 0) is 31.0 Å². The first-order valence-corrected chi connectivity index (χ1v) is 5.72. The molecule has 0 unspecified atom stereocenters. The highest BCUT2D eigenvalue weighted by Gasteiger charge is 2.17. The van der Waals surface area contributed by atoms with Crippen molar-refractivity contribution in [1.82, 2.24) is 5.32 Å². The number of halogens is 3. The number of piperidine rings is 1. The zero-order valence-electron chi connectivity index (χ0n) is 8.30. The fourth-order valence-electron chi connectivity index (χ4n) is 1.91. The van der Waals surface area contributed by atoms with Gasteiger partial charge in [0.1, 0.15) is 0 Å². The lowest BCUT2D eigenvalue weighted by Crippen LogP contribution is -2.26. The average molecular weight is 267 g/mol. The van der Waals surface area contributed by atoms with E-state index in [0.717, 1.165) is 18.5 Å². The van der Waals surface area contributed by atoms with E-state index in [1.165, 1.54) is 12.8 Å². The Balaban J connectivity index is 0.00000112. The van der Waals surface area contributed by atoms with Gasteiger partial charge in [0.2, 0.25) is 0 Å². The summed E-state index contributed by atoms with van der Waals surface area (Å²) in [7, 11) is 0. The predicted molar refractivity (Wildman–Crippen MR) is 68.3 cm³/mol. The van der Waals surface area contributed by atoms with Crippen LogP contribution in [-0.4, -0.2) is 6.54 Å². The zero-order valence-corrected chi connectivity index (χ0v) is 10.6. The largest absolute Gasteiger partial charge is 0.310 e. The Morgan fingerprint density at radius 2 is 2.00 bits per heavy atom. The number of hydrogen-bond donors (Lipinski definition) is 1. The maximum Gasteiger partial charge on any atom is 0.0640 e. The van der Waals surface area contributed by atoms with Crippen LogP contribution in [0.15, 0.2) is 18.2 Å². The second kappa shape index (κ2) is 5.95. The first kappa shape index (κ1) is 13.1. The van der Waals surface area contributed by atoms with Crippen molar-refractivity contribution in [3.63, 3.8) is 0 Å². The molecule has 1 saturated heterocycles. The Morgan fingerprint density at radius 3 is 2.67 bits per heavy atom. The van der Waals surface area contributed by atoms with Crippen molar-refractivity contribution in [3.05, 3.63) is 33.8 Å². The molecule has 1 fully saturated rings. The lowest BCUT2D eigenvalue weighted by molar-refractivity contribution is 0.412. The highest BCUT2D eigenvalue weighted by atomic mass is 35.5. The highest BCUT2D eigenvalue weighted by molar-refractivity contribution is 6.42. The molecule has 0 spiro atoms. The number of nitrogens with one attached hydrogen (secondary N) is 1. The van der Waals surface area contributed by atoms with E-state index < -0.39 is 0 Å². The van der Waals surface area contributed by atoms with E-state index in [1.54, 1.807) is 0 Å². The third-order valence-corrected chi connectivity index (χ3v) is 3.50. The third kappa shape index (κ3) is 3.01. The molecule has 15 heavy (non-hydrogen) atoms. The summed E-state index contributed by atoms with van der Waals surface area (Å²) in [5.74, 6) is 0. The molecule has 4 heteroatoms. The van der Waals surface area contributed by atoms with Crippen LogP contribution in [0, 0.1) is 0 Å². The highest BCUT2D eigenvalue weighted by Crippen LogP contribution is 2.33. The fraction of sp³-hybridized carbons (Fsp3) is 0.455. The molecule has 2 rings (SSSR count). The first-order valence-electron chi connectivity index (χ1n) is 4.96. The molecular weight excluding hydrogens is 252 g/mol. The van der Waals surface area contributed by atoms with Gasteiger partial charge in [-0.2, -0.15) is 0 Å². The van der Waals surface area contributed by atoms with Crippen LogP contribution in [-0.2, 0) is 0 Å². The normalized spacial score (nSPS) is 20.8. The van der Waals surface area contributed by atoms with E-state index in [4.69, 9.17) is 23.2 Å². The SMILES string of the molecule is Cl.Clc1cccc([C@@H]2CCCCN2)c1Cl. The molecule has 1 nitrogen and oxygen atoms in total. The summed E-state index contributed by atoms with van der Waals surface area (Å²) < 4.78 is 0. The lowest BCUT2D eigenvalue weighted by atomic mass is 9.97. The molecule has 0 bridgehead atoms. The summed E-state index contributed by atoms with van der Waals surface area (Å²) in [6.45, 7) is 1.08. The number of hydrogen-bond acceptors (Lipinski definition) is 1. The van der Waals surface area contributed by atoms with Crippen LogP contribution in [0.2, 0.25) is 10.0 Å². The van der Waals surface area contributed by atoms with Crippen molar-refractivity contribution in [2.75, 3.05) is 6.54 Å². The molecule has 1 N–H and O–H groups in total. The van der Waals surface area contributed by atoms with Crippen molar-refractivity contribution in [2.24, 2.45) is 0 Å². The van der Waals surface area contributed by atoms with Crippen LogP contribution in [0.3, 0.4) is 0 Å². The summed E-state index contributed by atoms with van der Waals surface area (Å²) in [4.78, 5) is 0. The molecule has 1 atom stereocenters. The molecule has 1 aliphatic heterocycles. The van der Waals surface area contributed by atoms with Crippen LogP contribution in [0.4, 0.5) is 0 Å². The quantitative estimate of drug-likeness (QED) is 0.802. The van der Waals surface area contributed by atoms with Gasteiger partial charge in [-0.25, -0.2) is 0 Å². The van der Waals surface area contributed by atoms with E-state index in [2.05, 4.69) is 11.4 Å².